The first-order chi connectivity index (χ1) is 12.6. The number of fused-ring (bicyclic) bond motifs is 2. The number of thiazole rings is 1. The fourth-order valence-corrected chi connectivity index (χ4v) is 4.55. The standard InChI is InChI=1S/C19H18N4OS2/c1-12(18-20-15-9-5-6-10-16(15)26-18)23(2)17(24)11-25-19-21-13-7-3-4-8-14(13)22-19/h3-10,12H,11H2,1-2H3,(H,21,22)/t12-/m1/s1. The number of aromatic nitrogens is 3. The number of H-pyrrole nitrogens is 1. The van der Waals surface area contributed by atoms with Crippen LogP contribution in [0.15, 0.2) is 53.7 Å². The molecule has 0 aliphatic carbocycles. The zero-order chi connectivity index (χ0) is 18.1. The van der Waals surface area contributed by atoms with Gasteiger partial charge in [0.1, 0.15) is 5.01 Å². The highest BCUT2D eigenvalue weighted by atomic mass is 32.2. The quantitative estimate of drug-likeness (QED) is 0.517. The molecule has 1 N–H and O–H groups in total. The number of benzene rings is 2. The maximum Gasteiger partial charge on any atom is 0.233 e. The molecule has 0 spiro atoms. The second kappa shape index (κ2) is 7.09. The number of thioether (sulfide) groups is 1. The van der Waals surface area contributed by atoms with E-state index in [1.807, 2.05) is 56.4 Å². The van der Waals surface area contributed by atoms with Crippen LogP contribution < -0.4 is 0 Å². The summed E-state index contributed by atoms with van der Waals surface area (Å²) < 4.78 is 1.15. The smallest absolute Gasteiger partial charge is 0.233 e. The zero-order valence-corrected chi connectivity index (χ0v) is 16.1. The zero-order valence-electron chi connectivity index (χ0n) is 14.5. The molecule has 0 saturated heterocycles. The van der Waals surface area contributed by atoms with Crippen LogP contribution in [-0.4, -0.2) is 38.6 Å². The maximum absolute atomic E-state index is 12.6. The summed E-state index contributed by atoms with van der Waals surface area (Å²) in [5.74, 6) is 0.396. The third-order valence-electron chi connectivity index (χ3n) is 4.34. The van der Waals surface area contributed by atoms with Crippen LogP contribution in [0.2, 0.25) is 0 Å². The Labute approximate surface area is 159 Å². The summed E-state index contributed by atoms with van der Waals surface area (Å²) in [4.78, 5) is 26.8. The van der Waals surface area contributed by atoms with Gasteiger partial charge in [-0.3, -0.25) is 4.79 Å². The summed E-state index contributed by atoms with van der Waals surface area (Å²) >= 11 is 3.06. The van der Waals surface area contributed by atoms with Gasteiger partial charge in [-0.2, -0.15) is 0 Å². The van der Waals surface area contributed by atoms with E-state index in [1.165, 1.54) is 11.8 Å². The number of para-hydroxylation sites is 3. The Morgan fingerprint density at radius 3 is 2.65 bits per heavy atom. The van der Waals surface area contributed by atoms with Gasteiger partial charge in [0.25, 0.3) is 0 Å². The van der Waals surface area contributed by atoms with Crippen molar-refractivity contribution < 1.29 is 4.79 Å². The van der Waals surface area contributed by atoms with E-state index in [-0.39, 0.29) is 11.9 Å². The van der Waals surface area contributed by atoms with Crippen LogP contribution in [0.5, 0.6) is 0 Å². The van der Waals surface area contributed by atoms with Crippen molar-refractivity contribution in [1.29, 1.82) is 0 Å². The molecule has 2 aromatic carbocycles. The van der Waals surface area contributed by atoms with Gasteiger partial charge in [-0.25, -0.2) is 9.97 Å². The van der Waals surface area contributed by atoms with Crippen molar-refractivity contribution >= 4 is 50.3 Å². The molecule has 2 aromatic heterocycles. The van der Waals surface area contributed by atoms with Gasteiger partial charge in [-0.1, -0.05) is 36.0 Å². The van der Waals surface area contributed by atoms with E-state index >= 15 is 0 Å². The van der Waals surface area contributed by atoms with Gasteiger partial charge in [0, 0.05) is 7.05 Å². The van der Waals surface area contributed by atoms with Crippen LogP contribution in [0.3, 0.4) is 0 Å². The molecular weight excluding hydrogens is 364 g/mol. The fourth-order valence-electron chi connectivity index (χ4n) is 2.68. The lowest BCUT2D eigenvalue weighted by atomic mass is 10.3. The van der Waals surface area contributed by atoms with Gasteiger partial charge in [0.15, 0.2) is 5.16 Å². The molecule has 1 atom stereocenters. The number of imidazole rings is 1. The lowest BCUT2D eigenvalue weighted by Gasteiger charge is -2.22. The Bertz CT molecular complexity index is 1010. The fraction of sp³-hybridized carbons (Fsp3) is 0.211. The molecule has 0 bridgehead atoms. The van der Waals surface area contributed by atoms with Crippen molar-refractivity contribution in [3.63, 3.8) is 0 Å². The number of carbonyl (C=O) groups excluding carboxylic acids is 1. The first-order valence-corrected chi connectivity index (χ1v) is 10.1. The predicted molar refractivity (Wildman–Crippen MR) is 108 cm³/mol. The minimum atomic E-state index is -0.0591. The number of amides is 1. The van der Waals surface area contributed by atoms with E-state index in [2.05, 4.69) is 21.0 Å². The van der Waals surface area contributed by atoms with E-state index in [9.17, 15) is 4.79 Å². The van der Waals surface area contributed by atoms with Gasteiger partial charge >= 0.3 is 0 Å². The van der Waals surface area contributed by atoms with E-state index in [0.717, 1.165) is 31.4 Å². The molecule has 4 aromatic rings. The number of nitrogens with one attached hydrogen (secondary N) is 1. The van der Waals surface area contributed by atoms with E-state index in [0.29, 0.717) is 5.75 Å². The van der Waals surface area contributed by atoms with E-state index < -0.39 is 0 Å². The molecule has 4 rings (SSSR count). The van der Waals surface area contributed by atoms with Crippen molar-refractivity contribution in [3.8, 4) is 0 Å². The Hall–Kier alpha value is -2.38. The van der Waals surface area contributed by atoms with Crippen molar-refractivity contribution in [2.75, 3.05) is 12.8 Å². The average molecular weight is 383 g/mol. The van der Waals surface area contributed by atoms with Crippen LogP contribution in [-0.2, 0) is 4.79 Å². The molecule has 7 heteroatoms. The molecule has 132 valence electrons. The molecule has 0 unspecified atom stereocenters. The Balaban J connectivity index is 1.43. The molecule has 0 radical (unpaired) electrons. The van der Waals surface area contributed by atoms with Crippen LogP contribution in [0.25, 0.3) is 21.3 Å². The highest BCUT2D eigenvalue weighted by Crippen LogP contribution is 2.29. The number of hydrogen-bond donors (Lipinski definition) is 1. The Morgan fingerprint density at radius 1 is 1.15 bits per heavy atom. The minimum absolute atomic E-state index is 0.0576. The molecule has 5 nitrogen and oxygen atoms in total. The summed E-state index contributed by atoms with van der Waals surface area (Å²) in [6.07, 6.45) is 0. The topological polar surface area (TPSA) is 61.9 Å². The molecule has 0 fully saturated rings. The summed E-state index contributed by atoms with van der Waals surface area (Å²) in [6.45, 7) is 2.02. The molecular formula is C19H18N4OS2. The third-order valence-corrected chi connectivity index (χ3v) is 6.41. The second-order valence-electron chi connectivity index (χ2n) is 6.05. The molecule has 26 heavy (non-hydrogen) atoms. The minimum Gasteiger partial charge on any atom is -0.336 e. The molecule has 0 aliphatic heterocycles. The monoisotopic (exact) mass is 382 g/mol. The molecule has 0 aliphatic rings. The average Bonchev–Trinajstić information content (AvgIpc) is 3.28. The number of hydrogen-bond acceptors (Lipinski definition) is 5. The van der Waals surface area contributed by atoms with Gasteiger partial charge in [0.05, 0.1) is 33.0 Å². The van der Waals surface area contributed by atoms with Gasteiger partial charge in [0.2, 0.25) is 5.91 Å². The lowest BCUT2D eigenvalue weighted by Crippen LogP contribution is -2.31. The third kappa shape index (κ3) is 3.32. The van der Waals surface area contributed by atoms with E-state index in [1.54, 1.807) is 16.2 Å². The van der Waals surface area contributed by atoms with Crippen molar-refractivity contribution in [2.24, 2.45) is 0 Å². The van der Waals surface area contributed by atoms with Gasteiger partial charge < -0.3 is 9.88 Å². The second-order valence-corrected chi connectivity index (χ2v) is 8.07. The van der Waals surface area contributed by atoms with Crippen molar-refractivity contribution in [3.05, 3.63) is 53.5 Å². The summed E-state index contributed by atoms with van der Waals surface area (Å²) in [5.41, 5.74) is 2.88. The van der Waals surface area contributed by atoms with Crippen LogP contribution in [0.1, 0.15) is 18.0 Å². The number of rotatable bonds is 5. The van der Waals surface area contributed by atoms with Crippen LogP contribution in [0.4, 0.5) is 0 Å². The van der Waals surface area contributed by atoms with Crippen molar-refractivity contribution in [1.82, 2.24) is 19.9 Å². The predicted octanol–water partition coefficient (Wildman–Crippen LogP) is 4.48. The maximum atomic E-state index is 12.6. The van der Waals surface area contributed by atoms with Gasteiger partial charge in [-0.05, 0) is 31.2 Å². The normalized spacial score (nSPS) is 12.5. The summed E-state index contributed by atoms with van der Waals surface area (Å²) in [6, 6.07) is 15.8. The van der Waals surface area contributed by atoms with Crippen LogP contribution in [0, 0.1) is 0 Å². The summed E-state index contributed by atoms with van der Waals surface area (Å²) in [7, 11) is 1.83. The SMILES string of the molecule is C[C@H](c1nc2ccccc2s1)N(C)C(=O)CSc1nc2ccccc2[nH]1. The van der Waals surface area contributed by atoms with Crippen molar-refractivity contribution in [2.45, 2.75) is 18.1 Å². The first kappa shape index (κ1) is 17.1. The van der Waals surface area contributed by atoms with E-state index in [4.69, 9.17) is 0 Å². The Morgan fingerprint density at radius 2 is 1.88 bits per heavy atom. The lowest BCUT2D eigenvalue weighted by molar-refractivity contribution is -0.128. The summed E-state index contributed by atoms with van der Waals surface area (Å²) in [5, 5.41) is 1.72. The molecule has 2 heterocycles. The highest BCUT2D eigenvalue weighted by Gasteiger charge is 2.21. The molecule has 0 saturated carbocycles. The van der Waals surface area contributed by atoms with Crippen LogP contribution >= 0.6 is 23.1 Å². The Kier molecular flexibility index (Phi) is 4.65. The number of aromatic amines is 1. The number of nitrogens with zero attached hydrogens (tertiary/aromatic N) is 3. The highest BCUT2D eigenvalue weighted by molar-refractivity contribution is 7.99. The van der Waals surface area contributed by atoms with Gasteiger partial charge in [-0.15, -0.1) is 11.3 Å². The first-order valence-electron chi connectivity index (χ1n) is 8.30. The molecule has 1 amide bonds. The largest absolute Gasteiger partial charge is 0.336 e. The number of carbonyl (C=O) groups is 1.